The number of carbonyl (C=O) groups excluding carboxylic acids is 2. The molecule has 0 radical (unpaired) electrons. The quantitative estimate of drug-likeness (QED) is 0.444. The van der Waals surface area contributed by atoms with Crippen molar-refractivity contribution in [1.29, 1.82) is 0 Å². The number of benzene rings is 2. The molecular weight excluding hydrogens is 442 g/mol. The molecule has 0 saturated carbocycles. The summed E-state index contributed by atoms with van der Waals surface area (Å²) in [6, 6.07) is 14.0. The normalized spacial score (nSPS) is 10.6. The third-order valence-corrected chi connectivity index (χ3v) is 6.77. The lowest BCUT2D eigenvalue weighted by molar-refractivity contribution is -0.131. The Labute approximate surface area is 196 Å². The van der Waals surface area contributed by atoms with Crippen LogP contribution in [0.3, 0.4) is 0 Å². The Morgan fingerprint density at radius 3 is 2.56 bits per heavy atom. The van der Waals surface area contributed by atoms with E-state index in [1.165, 1.54) is 33.6 Å². The molecule has 0 spiro atoms. The number of aryl methyl sites for hydroxylation is 3. The van der Waals surface area contributed by atoms with E-state index in [2.05, 4.69) is 39.9 Å². The van der Waals surface area contributed by atoms with Crippen LogP contribution in [0.1, 0.15) is 23.6 Å². The van der Waals surface area contributed by atoms with Gasteiger partial charge in [-0.2, -0.15) is 0 Å². The van der Waals surface area contributed by atoms with Crippen LogP contribution in [0.2, 0.25) is 0 Å². The monoisotopic (exact) mass is 469 g/mol. The summed E-state index contributed by atoms with van der Waals surface area (Å²) in [5.74, 6) is -0.186. The topological polar surface area (TPSA) is 87.2 Å². The summed E-state index contributed by atoms with van der Waals surface area (Å²) >= 11 is 2.70. The number of aromatic nitrogens is 2. The lowest BCUT2D eigenvalue weighted by Gasteiger charge is -2.17. The van der Waals surface area contributed by atoms with Crippen molar-refractivity contribution in [2.75, 3.05) is 30.0 Å². The molecule has 3 aromatic rings. The molecule has 1 heterocycles. The van der Waals surface area contributed by atoms with Crippen LogP contribution in [0.15, 0.2) is 46.8 Å². The Morgan fingerprint density at radius 1 is 1.09 bits per heavy atom. The smallest absolute Gasteiger partial charge is 0.243 e. The van der Waals surface area contributed by atoms with Gasteiger partial charge < -0.3 is 15.5 Å². The molecule has 2 aromatic carbocycles. The minimum absolute atomic E-state index is 0.0105. The molecule has 32 heavy (non-hydrogen) atoms. The molecule has 0 saturated heterocycles. The number of carbonyl (C=O) groups is 2. The van der Waals surface area contributed by atoms with E-state index in [4.69, 9.17) is 0 Å². The highest BCUT2D eigenvalue weighted by atomic mass is 32.2. The largest absolute Gasteiger partial charge is 0.336 e. The second kappa shape index (κ2) is 11.1. The van der Waals surface area contributed by atoms with E-state index in [9.17, 15) is 9.59 Å². The number of likely N-dealkylation sites (N-methyl/N-ethyl adjacent to an activating group) is 1. The lowest BCUT2D eigenvalue weighted by Crippen LogP contribution is -2.36. The molecule has 9 heteroatoms. The summed E-state index contributed by atoms with van der Waals surface area (Å²) in [5.41, 5.74) is 5.03. The third-order valence-electron chi connectivity index (χ3n) is 4.81. The van der Waals surface area contributed by atoms with Crippen LogP contribution in [-0.4, -0.2) is 46.3 Å². The van der Waals surface area contributed by atoms with E-state index in [0.717, 1.165) is 28.9 Å². The van der Waals surface area contributed by atoms with Crippen molar-refractivity contribution in [1.82, 2.24) is 15.1 Å². The van der Waals surface area contributed by atoms with E-state index in [1.807, 2.05) is 44.2 Å². The van der Waals surface area contributed by atoms with Crippen molar-refractivity contribution < 1.29 is 9.59 Å². The van der Waals surface area contributed by atoms with Crippen molar-refractivity contribution in [3.8, 4) is 0 Å². The van der Waals surface area contributed by atoms with Gasteiger partial charge in [0.15, 0.2) is 4.34 Å². The SMILES string of the molecule is CCc1ccc(Nc2nnc(SCC(=O)N(C)CC(=O)Nc3cc(C)ccc3C)s2)cc1. The maximum Gasteiger partial charge on any atom is 0.243 e. The van der Waals surface area contributed by atoms with Crippen LogP contribution in [0.5, 0.6) is 0 Å². The Hall–Kier alpha value is -2.91. The number of rotatable bonds is 9. The molecule has 7 nitrogen and oxygen atoms in total. The number of amides is 2. The van der Waals surface area contributed by atoms with Crippen molar-refractivity contribution in [3.05, 3.63) is 59.2 Å². The van der Waals surface area contributed by atoms with E-state index in [1.54, 1.807) is 7.05 Å². The van der Waals surface area contributed by atoms with Gasteiger partial charge in [0.25, 0.3) is 0 Å². The van der Waals surface area contributed by atoms with Gasteiger partial charge in [-0.05, 0) is 55.2 Å². The maximum atomic E-state index is 12.4. The highest BCUT2D eigenvalue weighted by Crippen LogP contribution is 2.28. The molecule has 168 valence electrons. The summed E-state index contributed by atoms with van der Waals surface area (Å²) in [6.07, 6.45) is 0.996. The molecule has 2 amide bonds. The highest BCUT2D eigenvalue weighted by molar-refractivity contribution is 8.01. The van der Waals surface area contributed by atoms with Crippen LogP contribution in [0, 0.1) is 13.8 Å². The minimum Gasteiger partial charge on any atom is -0.336 e. The standard InChI is InChI=1S/C23H27N5O2S2/c1-5-17-8-10-18(11-9-17)24-22-26-27-23(32-22)31-14-21(30)28(4)13-20(29)25-19-12-15(2)6-7-16(19)3/h6-12H,5,13-14H2,1-4H3,(H,24,26)(H,25,29). The van der Waals surface area contributed by atoms with Gasteiger partial charge in [-0.1, -0.05) is 54.3 Å². The second-order valence-electron chi connectivity index (χ2n) is 7.45. The Kier molecular flexibility index (Phi) is 8.24. The minimum atomic E-state index is -0.226. The highest BCUT2D eigenvalue weighted by Gasteiger charge is 2.15. The number of anilines is 3. The predicted octanol–water partition coefficient (Wildman–Crippen LogP) is 4.65. The van der Waals surface area contributed by atoms with Crippen LogP contribution >= 0.6 is 23.1 Å². The first-order chi connectivity index (χ1) is 15.3. The molecular formula is C23H27N5O2S2. The zero-order valence-electron chi connectivity index (χ0n) is 18.6. The first kappa shape index (κ1) is 23.7. The number of hydrogen-bond donors (Lipinski definition) is 2. The van der Waals surface area contributed by atoms with E-state index < -0.39 is 0 Å². The van der Waals surface area contributed by atoms with E-state index >= 15 is 0 Å². The maximum absolute atomic E-state index is 12.4. The van der Waals surface area contributed by atoms with Crippen LogP contribution in [0.25, 0.3) is 0 Å². The van der Waals surface area contributed by atoms with Crippen LogP contribution in [-0.2, 0) is 16.0 Å². The molecule has 0 fully saturated rings. The Bertz CT molecular complexity index is 1080. The second-order valence-corrected chi connectivity index (χ2v) is 9.65. The fourth-order valence-electron chi connectivity index (χ4n) is 2.86. The Morgan fingerprint density at radius 2 is 1.84 bits per heavy atom. The molecule has 0 aliphatic heterocycles. The number of thioether (sulfide) groups is 1. The van der Waals surface area contributed by atoms with E-state index in [0.29, 0.717) is 9.47 Å². The first-order valence-electron chi connectivity index (χ1n) is 10.3. The molecule has 0 atom stereocenters. The average Bonchev–Trinajstić information content (AvgIpc) is 3.22. The molecule has 1 aromatic heterocycles. The van der Waals surface area contributed by atoms with Gasteiger partial charge in [0.1, 0.15) is 0 Å². The first-order valence-corrected chi connectivity index (χ1v) is 12.1. The van der Waals surface area contributed by atoms with Crippen LogP contribution in [0.4, 0.5) is 16.5 Å². The molecule has 0 aliphatic rings. The van der Waals surface area contributed by atoms with Gasteiger partial charge in [-0.15, -0.1) is 10.2 Å². The molecule has 0 bridgehead atoms. The van der Waals surface area contributed by atoms with Crippen molar-refractivity contribution in [3.63, 3.8) is 0 Å². The number of nitrogens with one attached hydrogen (secondary N) is 2. The Balaban J connectivity index is 1.46. The van der Waals surface area contributed by atoms with Crippen molar-refractivity contribution in [2.24, 2.45) is 0 Å². The molecule has 0 unspecified atom stereocenters. The number of nitrogens with zero attached hydrogens (tertiary/aromatic N) is 3. The van der Waals surface area contributed by atoms with Gasteiger partial charge in [-0.25, -0.2) is 0 Å². The van der Waals surface area contributed by atoms with Crippen LogP contribution < -0.4 is 10.6 Å². The molecule has 0 aliphatic carbocycles. The van der Waals surface area contributed by atoms with Gasteiger partial charge in [0.05, 0.1) is 12.3 Å². The lowest BCUT2D eigenvalue weighted by atomic mass is 10.1. The summed E-state index contributed by atoms with van der Waals surface area (Å²) < 4.78 is 0.694. The third kappa shape index (κ3) is 6.80. The van der Waals surface area contributed by atoms with E-state index in [-0.39, 0.29) is 24.1 Å². The summed E-state index contributed by atoms with van der Waals surface area (Å²) in [6.45, 7) is 6.01. The van der Waals surface area contributed by atoms with Crippen molar-refractivity contribution >= 4 is 51.4 Å². The predicted molar refractivity (Wildman–Crippen MR) is 132 cm³/mol. The van der Waals surface area contributed by atoms with Gasteiger partial charge in [0, 0.05) is 18.4 Å². The van der Waals surface area contributed by atoms with Gasteiger partial charge in [0.2, 0.25) is 16.9 Å². The zero-order valence-corrected chi connectivity index (χ0v) is 20.3. The fraction of sp³-hybridized carbons (Fsp3) is 0.304. The van der Waals surface area contributed by atoms with Crippen molar-refractivity contribution in [2.45, 2.75) is 31.5 Å². The summed E-state index contributed by atoms with van der Waals surface area (Å²) in [5, 5.41) is 15.0. The van der Waals surface area contributed by atoms with Gasteiger partial charge >= 0.3 is 0 Å². The van der Waals surface area contributed by atoms with Gasteiger partial charge in [-0.3, -0.25) is 9.59 Å². The average molecular weight is 470 g/mol. The molecule has 2 N–H and O–H groups in total. The summed E-state index contributed by atoms with van der Waals surface area (Å²) in [7, 11) is 1.62. The summed E-state index contributed by atoms with van der Waals surface area (Å²) in [4.78, 5) is 26.2. The fourth-order valence-corrected chi connectivity index (χ4v) is 4.58. The molecule has 3 rings (SSSR count). The number of hydrogen-bond acceptors (Lipinski definition) is 7. The zero-order chi connectivity index (χ0) is 23.1.